The number of aryl methyl sites for hydroxylation is 1. The number of carbonyl (C=O) groups excluding carboxylic acids is 1. The standard InChI is InChI=1S/C17H20N2O4/c1-4-19-14-9-12(18)5-6-13(14)15(22-8-7-11(2)3)16(17(19)21)23-10-20/h5-7,9-10H,4,8,18H2,1-3H3. The number of nitrogens with two attached hydrogens (primary N) is 1. The van der Waals surface area contributed by atoms with Gasteiger partial charge in [-0.1, -0.05) is 5.57 Å². The third-order valence-electron chi connectivity index (χ3n) is 3.40. The number of carbonyl (C=O) groups is 1. The van der Waals surface area contributed by atoms with Crippen LogP contribution in [0.4, 0.5) is 5.69 Å². The van der Waals surface area contributed by atoms with Crippen molar-refractivity contribution in [1.82, 2.24) is 4.57 Å². The molecule has 2 rings (SSSR count). The Morgan fingerprint density at radius 3 is 2.65 bits per heavy atom. The van der Waals surface area contributed by atoms with Crippen molar-refractivity contribution in [3.63, 3.8) is 0 Å². The largest absolute Gasteiger partial charge is 0.485 e. The first-order valence-corrected chi connectivity index (χ1v) is 7.32. The molecule has 1 aromatic carbocycles. The van der Waals surface area contributed by atoms with Gasteiger partial charge in [0, 0.05) is 17.6 Å². The fraction of sp³-hybridized carbons (Fsp3) is 0.294. The van der Waals surface area contributed by atoms with E-state index in [2.05, 4.69) is 0 Å². The van der Waals surface area contributed by atoms with Gasteiger partial charge in [-0.3, -0.25) is 9.59 Å². The summed E-state index contributed by atoms with van der Waals surface area (Å²) in [6.45, 7) is 6.64. The Kier molecular flexibility index (Phi) is 5.05. The van der Waals surface area contributed by atoms with Crippen molar-refractivity contribution in [2.75, 3.05) is 12.3 Å². The molecule has 0 bridgehead atoms. The second-order valence-electron chi connectivity index (χ2n) is 5.29. The zero-order valence-corrected chi connectivity index (χ0v) is 13.5. The summed E-state index contributed by atoms with van der Waals surface area (Å²) in [6.07, 6.45) is 1.87. The Morgan fingerprint density at radius 2 is 2.04 bits per heavy atom. The molecule has 0 atom stereocenters. The summed E-state index contributed by atoms with van der Waals surface area (Å²) in [5, 5.41) is 0.666. The Balaban J connectivity index is 2.74. The molecule has 23 heavy (non-hydrogen) atoms. The summed E-state index contributed by atoms with van der Waals surface area (Å²) in [5.74, 6) is 0.139. The molecule has 0 saturated heterocycles. The molecule has 0 spiro atoms. The quantitative estimate of drug-likeness (QED) is 0.503. The molecular weight excluding hydrogens is 296 g/mol. The number of rotatable bonds is 6. The number of pyridine rings is 1. The van der Waals surface area contributed by atoms with Crippen LogP contribution in [0.2, 0.25) is 0 Å². The maximum atomic E-state index is 12.6. The molecule has 0 saturated carbocycles. The van der Waals surface area contributed by atoms with Crippen LogP contribution in [-0.2, 0) is 11.3 Å². The van der Waals surface area contributed by atoms with Crippen LogP contribution in [-0.4, -0.2) is 17.6 Å². The normalized spacial score (nSPS) is 10.4. The van der Waals surface area contributed by atoms with Crippen molar-refractivity contribution >= 4 is 23.1 Å². The lowest BCUT2D eigenvalue weighted by Crippen LogP contribution is -2.23. The van der Waals surface area contributed by atoms with E-state index in [0.717, 1.165) is 5.57 Å². The minimum absolute atomic E-state index is 0.110. The van der Waals surface area contributed by atoms with Gasteiger partial charge in [0.25, 0.3) is 12.0 Å². The van der Waals surface area contributed by atoms with E-state index in [1.807, 2.05) is 26.8 Å². The van der Waals surface area contributed by atoms with Gasteiger partial charge in [-0.15, -0.1) is 0 Å². The van der Waals surface area contributed by atoms with Gasteiger partial charge >= 0.3 is 0 Å². The van der Waals surface area contributed by atoms with Crippen LogP contribution in [0.25, 0.3) is 10.9 Å². The first kappa shape index (κ1) is 16.6. The predicted octanol–water partition coefficient (Wildman–Crippen LogP) is 2.48. The lowest BCUT2D eigenvalue weighted by atomic mass is 10.1. The number of nitrogens with zero attached hydrogens (tertiary/aromatic N) is 1. The third kappa shape index (κ3) is 3.36. The lowest BCUT2D eigenvalue weighted by molar-refractivity contribution is -0.120. The summed E-state index contributed by atoms with van der Waals surface area (Å²) < 4.78 is 12.1. The van der Waals surface area contributed by atoms with Crippen molar-refractivity contribution in [2.45, 2.75) is 27.3 Å². The first-order chi connectivity index (χ1) is 11.0. The Labute approximate surface area is 134 Å². The second-order valence-corrected chi connectivity index (χ2v) is 5.29. The molecule has 6 heteroatoms. The molecule has 6 nitrogen and oxygen atoms in total. The summed E-state index contributed by atoms with van der Waals surface area (Å²) in [4.78, 5) is 23.4. The molecule has 0 fully saturated rings. The highest BCUT2D eigenvalue weighted by molar-refractivity contribution is 5.90. The summed E-state index contributed by atoms with van der Waals surface area (Å²) in [6, 6.07) is 5.18. The van der Waals surface area contributed by atoms with E-state index in [0.29, 0.717) is 23.1 Å². The van der Waals surface area contributed by atoms with Gasteiger partial charge in [-0.25, -0.2) is 0 Å². The molecule has 122 valence electrons. The van der Waals surface area contributed by atoms with Gasteiger partial charge < -0.3 is 19.8 Å². The molecule has 2 N–H and O–H groups in total. The van der Waals surface area contributed by atoms with E-state index in [4.69, 9.17) is 15.2 Å². The molecule has 2 aromatic rings. The first-order valence-electron chi connectivity index (χ1n) is 7.32. The van der Waals surface area contributed by atoms with E-state index in [9.17, 15) is 9.59 Å². The molecule has 0 amide bonds. The SMILES string of the molecule is CCn1c(=O)c(OC=O)c(OCC=C(C)C)c2ccc(N)cc21. The molecule has 0 aliphatic carbocycles. The predicted molar refractivity (Wildman–Crippen MR) is 89.9 cm³/mol. The van der Waals surface area contributed by atoms with Crippen LogP contribution in [0.15, 0.2) is 34.6 Å². The number of hydrogen-bond acceptors (Lipinski definition) is 5. The summed E-state index contributed by atoms with van der Waals surface area (Å²) in [5.41, 5.74) is 7.67. The zero-order chi connectivity index (χ0) is 17.0. The van der Waals surface area contributed by atoms with Crippen molar-refractivity contribution in [3.05, 3.63) is 40.2 Å². The van der Waals surface area contributed by atoms with Crippen LogP contribution >= 0.6 is 0 Å². The Hall–Kier alpha value is -2.76. The van der Waals surface area contributed by atoms with Crippen LogP contribution in [0, 0.1) is 0 Å². The average molecular weight is 316 g/mol. The number of nitrogen functional groups attached to an aromatic ring is 1. The minimum Gasteiger partial charge on any atom is -0.485 e. The van der Waals surface area contributed by atoms with E-state index in [1.54, 1.807) is 18.2 Å². The average Bonchev–Trinajstić information content (AvgIpc) is 2.50. The van der Waals surface area contributed by atoms with Gasteiger partial charge in [0.1, 0.15) is 6.61 Å². The Bertz CT molecular complexity index is 817. The smallest absolute Gasteiger partial charge is 0.298 e. The number of ether oxygens (including phenoxy) is 2. The van der Waals surface area contributed by atoms with E-state index in [1.165, 1.54) is 4.57 Å². The van der Waals surface area contributed by atoms with Crippen molar-refractivity contribution in [2.24, 2.45) is 0 Å². The van der Waals surface area contributed by atoms with Crippen LogP contribution < -0.4 is 20.8 Å². The number of fused-ring (bicyclic) bond motifs is 1. The fourth-order valence-corrected chi connectivity index (χ4v) is 2.32. The van der Waals surface area contributed by atoms with Crippen LogP contribution in [0.1, 0.15) is 20.8 Å². The number of aromatic nitrogens is 1. The molecule has 0 unspecified atom stereocenters. The molecule has 1 heterocycles. The van der Waals surface area contributed by atoms with E-state index in [-0.39, 0.29) is 24.6 Å². The molecular formula is C17H20N2O4. The van der Waals surface area contributed by atoms with Crippen LogP contribution in [0.3, 0.4) is 0 Å². The molecule has 0 radical (unpaired) electrons. The maximum Gasteiger partial charge on any atom is 0.298 e. The highest BCUT2D eigenvalue weighted by Crippen LogP contribution is 2.33. The number of anilines is 1. The fourth-order valence-electron chi connectivity index (χ4n) is 2.32. The Morgan fingerprint density at radius 1 is 1.30 bits per heavy atom. The molecule has 0 aliphatic heterocycles. The monoisotopic (exact) mass is 316 g/mol. The van der Waals surface area contributed by atoms with Gasteiger partial charge in [0.05, 0.1) is 5.52 Å². The summed E-state index contributed by atoms with van der Waals surface area (Å²) in [7, 11) is 0. The van der Waals surface area contributed by atoms with Gasteiger partial charge in [0.2, 0.25) is 5.75 Å². The topological polar surface area (TPSA) is 83.5 Å². The van der Waals surface area contributed by atoms with Crippen molar-refractivity contribution in [3.8, 4) is 11.5 Å². The highest BCUT2D eigenvalue weighted by atomic mass is 16.5. The van der Waals surface area contributed by atoms with Gasteiger partial charge in [-0.05, 0) is 45.0 Å². The van der Waals surface area contributed by atoms with Crippen molar-refractivity contribution < 1.29 is 14.3 Å². The van der Waals surface area contributed by atoms with Crippen LogP contribution in [0.5, 0.6) is 11.5 Å². The molecule has 1 aromatic heterocycles. The number of hydrogen-bond donors (Lipinski definition) is 1. The lowest BCUT2D eigenvalue weighted by Gasteiger charge is -2.16. The van der Waals surface area contributed by atoms with Crippen molar-refractivity contribution in [1.29, 1.82) is 0 Å². The zero-order valence-electron chi connectivity index (χ0n) is 13.5. The minimum atomic E-state index is -0.426. The molecule has 0 aliphatic rings. The summed E-state index contributed by atoms with van der Waals surface area (Å²) >= 11 is 0. The number of allylic oxidation sites excluding steroid dienone is 1. The maximum absolute atomic E-state index is 12.6. The highest BCUT2D eigenvalue weighted by Gasteiger charge is 2.19. The van der Waals surface area contributed by atoms with Gasteiger partial charge in [-0.2, -0.15) is 0 Å². The third-order valence-corrected chi connectivity index (χ3v) is 3.40. The second kappa shape index (κ2) is 7.00. The van der Waals surface area contributed by atoms with E-state index < -0.39 is 5.56 Å². The number of benzene rings is 1. The van der Waals surface area contributed by atoms with E-state index >= 15 is 0 Å². The van der Waals surface area contributed by atoms with Gasteiger partial charge in [0.15, 0.2) is 5.75 Å².